The van der Waals surface area contributed by atoms with Crippen molar-refractivity contribution < 1.29 is 23.4 Å². The lowest BCUT2D eigenvalue weighted by Gasteiger charge is -2.04. The number of rotatable bonds is 4. The minimum Gasteiger partial charge on any atom is -0.507 e. The fourth-order valence-corrected chi connectivity index (χ4v) is 2.10. The molecule has 0 saturated carbocycles. The number of carboxylic acids is 1. The Hall–Kier alpha value is -1.56. The van der Waals surface area contributed by atoms with Gasteiger partial charge in [-0.1, -0.05) is 13.0 Å². The maximum Gasteiger partial charge on any atom is 0.339 e. The van der Waals surface area contributed by atoms with E-state index in [0.29, 0.717) is 5.56 Å². The van der Waals surface area contributed by atoms with E-state index in [-0.39, 0.29) is 17.1 Å². The van der Waals surface area contributed by atoms with E-state index >= 15 is 0 Å². The third-order valence-corrected chi connectivity index (χ3v) is 3.77. The molecule has 0 aliphatic carbocycles. The summed E-state index contributed by atoms with van der Waals surface area (Å²) in [6.45, 7) is 1.53. The minimum absolute atomic E-state index is 0.00838. The average Bonchev–Trinajstić information content (AvgIpc) is 2.16. The molecule has 1 aromatic rings. The largest absolute Gasteiger partial charge is 0.507 e. The summed E-state index contributed by atoms with van der Waals surface area (Å²) in [5, 5.41) is 18.0. The summed E-state index contributed by atoms with van der Waals surface area (Å²) in [5.74, 6) is -1.86. The van der Waals surface area contributed by atoms with Crippen LogP contribution >= 0.6 is 0 Å². The van der Waals surface area contributed by atoms with Gasteiger partial charge in [0.15, 0.2) is 9.84 Å². The Balaban J connectivity index is 3.03. The van der Waals surface area contributed by atoms with Crippen LogP contribution in [0.2, 0.25) is 0 Å². The van der Waals surface area contributed by atoms with Gasteiger partial charge in [0.25, 0.3) is 0 Å². The van der Waals surface area contributed by atoms with Gasteiger partial charge in [-0.15, -0.1) is 0 Å². The van der Waals surface area contributed by atoms with Crippen molar-refractivity contribution in [2.75, 3.05) is 5.75 Å². The number of hydrogen-bond donors (Lipinski definition) is 2. The Kier molecular flexibility index (Phi) is 3.54. The first-order valence-corrected chi connectivity index (χ1v) is 6.43. The van der Waals surface area contributed by atoms with Crippen LogP contribution < -0.4 is 0 Å². The number of carbonyl (C=O) groups is 1. The molecule has 0 heterocycles. The third kappa shape index (κ3) is 2.96. The van der Waals surface area contributed by atoms with Crippen LogP contribution in [0.5, 0.6) is 5.75 Å². The molecule has 0 bridgehead atoms. The second-order valence-electron chi connectivity index (χ2n) is 3.33. The lowest BCUT2D eigenvalue weighted by molar-refractivity contribution is 0.0693. The molecule has 0 saturated heterocycles. The number of hydrogen-bond acceptors (Lipinski definition) is 4. The van der Waals surface area contributed by atoms with Crippen LogP contribution in [0.15, 0.2) is 18.2 Å². The van der Waals surface area contributed by atoms with Gasteiger partial charge in [0.1, 0.15) is 11.3 Å². The molecule has 0 spiro atoms. The van der Waals surface area contributed by atoms with Crippen LogP contribution in [0.3, 0.4) is 0 Å². The number of aromatic hydroxyl groups is 1. The first-order chi connectivity index (χ1) is 7.35. The van der Waals surface area contributed by atoms with Crippen LogP contribution in [0.25, 0.3) is 0 Å². The standard InChI is InChI=1S/C10H12O5S/c1-2-16(14,15)6-7-3-4-8(10(12)13)9(11)5-7/h3-5,11H,2,6H2,1H3,(H,12,13). The average molecular weight is 244 g/mol. The summed E-state index contributed by atoms with van der Waals surface area (Å²) in [4.78, 5) is 10.6. The van der Waals surface area contributed by atoms with Crippen LogP contribution in [-0.2, 0) is 15.6 Å². The molecule has 1 rings (SSSR count). The van der Waals surface area contributed by atoms with E-state index < -0.39 is 21.6 Å². The van der Waals surface area contributed by atoms with Gasteiger partial charge in [0, 0.05) is 5.75 Å². The minimum atomic E-state index is -3.18. The highest BCUT2D eigenvalue weighted by molar-refractivity contribution is 7.90. The molecule has 88 valence electrons. The predicted molar refractivity (Wildman–Crippen MR) is 58.2 cm³/mol. The summed E-state index contributed by atoms with van der Waals surface area (Å²) in [6, 6.07) is 3.74. The molecule has 2 N–H and O–H groups in total. The van der Waals surface area contributed by atoms with Gasteiger partial charge in [-0.2, -0.15) is 0 Å². The second-order valence-corrected chi connectivity index (χ2v) is 5.69. The Bertz CT molecular complexity index is 504. The Labute approximate surface area is 93.3 Å². The SMILES string of the molecule is CCS(=O)(=O)Cc1ccc(C(=O)O)c(O)c1. The third-order valence-electron chi connectivity index (χ3n) is 2.12. The molecule has 16 heavy (non-hydrogen) atoms. The van der Waals surface area contributed by atoms with Gasteiger partial charge in [0.2, 0.25) is 0 Å². The number of sulfone groups is 1. The van der Waals surface area contributed by atoms with Crippen molar-refractivity contribution in [3.05, 3.63) is 29.3 Å². The van der Waals surface area contributed by atoms with Gasteiger partial charge < -0.3 is 10.2 Å². The molecule has 0 aromatic heterocycles. The Morgan fingerprint density at radius 2 is 2.00 bits per heavy atom. The normalized spacial score (nSPS) is 11.3. The highest BCUT2D eigenvalue weighted by Crippen LogP contribution is 2.20. The van der Waals surface area contributed by atoms with Crippen LogP contribution in [-0.4, -0.2) is 30.4 Å². The van der Waals surface area contributed by atoms with Gasteiger partial charge >= 0.3 is 5.97 Å². The van der Waals surface area contributed by atoms with E-state index in [2.05, 4.69) is 0 Å². The van der Waals surface area contributed by atoms with Crippen molar-refractivity contribution in [1.82, 2.24) is 0 Å². The molecular formula is C10H12O5S. The molecule has 0 atom stereocenters. The van der Waals surface area contributed by atoms with Crippen LogP contribution in [0, 0.1) is 0 Å². The number of carboxylic acid groups (broad SMARTS) is 1. The highest BCUT2D eigenvalue weighted by Gasteiger charge is 2.13. The number of phenols is 1. The molecule has 0 fully saturated rings. The summed E-state index contributed by atoms with van der Waals surface area (Å²) in [6.07, 6.45) is 0. The van der Waals surface area contributed by atoms with Crippen LogP contribution in [0.4, 0.5) is 0 Å². The van der Waals surface area contributed by atoms with Gasteiger partial charge in [-0.05, 0) is 17.7 Å². The summed E-state index contributed by atoms with van der Waals surface area (Å²) < 4.78 is 22.6. The van der Waals surface area contributed by atoms with E-state index in [1.807, 2.05) is 0 Å². The molecule has 5 nitrogen and oxygen atoms in total. The van der Waals surface area contributed by atoms with E-state index in [0.717, 1.165) is 6.07 Å². The summed E-state index contributed by atoms with van der Waals surface area (Å²) in [7, 11) is -3.18. The van der Waals surface area contributed by atoms with Crippen molar-refractivity contribution in [3.63, 3.8) is 0 Å². The van der Waals surface area contributed by atoms with Gasteiger partial charge in [-0.3, -0.25) is 0 Å². The van der Waals surface area contributed by atoms with Crippen molar-refractivity contribution in [2.45, 2.75) is 12.7 Å². The summed E-state index contributed by atoms with van der Waals surface area (Å²) >= 11 is 0. The van der Waals surface area contributed by atoms with E-state index in [4.69, 9.17) is 5.11 Å². The smallest absolute Gasteiger partial charge is 0.339 e. The quantitative estimate of drug-likeness (QED) is 0.825. The highest BCUT2D eigenvalue weighted by atomic mass is 32.2. The Morgan fingerprint density at radius 3 is 2.44 bits per heavy atom. The van der Waals surface area contributed by atoms with E-state index in [1.54, 1.807) is 0 Å². The molecule has 0 unspecified atom stereocenters. The topological polar surface area (TPSA) is 91.7 Å². The van der Waals surface area contributed by atoms with Crippen LogP contribution in [0.1, 0.15) is 22.8 Å². The maximum absolute atomic E-state index is 11.3. The monoisotopic (exact) mass is 244 g/mol. The zero-order chi connectivity index (χ0) is 12.3. The second kappa shape index (κ2) is 4.52. The molecular weight excluding hydrogens is 232 g/mol. The molecule has 0 radical (unpaired) electrons. The zero-order valence-electron chi connectivity index (χ0n) is 8.67. The molecule has 1 aromatic carbocycles. The van der Waals surface area contributed by atoms with E-state index in [1.165, 1.54) is 19.1 Å². The van der Waals surface area contributed by atoms with Crippen molar-refractivity contribution >= 4 is 15.8 Å². The first-order valence-electron chi connectivity index (χ1n) is 4.61. The lowest BCUT2D eigenvalue weighted by Crippen LogP contribution is -2.07. The molecule has 6 heteroatoms. The maximum atomic E-state index is 11.3. The van der Waals surface area contributed by atoms with Gasteiger partial charge in [0.05, 0.1) is 5.75 Å². The van der Waals surface area contributed by atoms with E-state index in [9.17, 15) is 18.3 Å². The lowest BCUT2D eigenvalue weighted by atomic mass is 10.1. The Morgan fingerprint density at radius 1 is 1.38 bits per heavy atom. The van der Waals surface area contributed by atoms with Crippen molar-refractivity contribution in [3.8, 4) is 5.75 Å². The summed E-state index contributed by atoms with van der Waals surface area (Å²) in [5.41, 5.74) is 0.141. The fraction of sp³-hybridized carbons (Fsp3) is 0.300. The zero-order valence-corrected chi connectivity index (χ0v) is 9.49. The fourth-order valence-electron chi connectivity index (χ4n) is 1.20. The molecule has 0 aliphatic rings. The molecule has 0 aliphatic heterocycles. The van der Waals surface area contributed by atoms with Crippen molar-refractivity contribution in [1.29, 1.82) is 0 Å². The predicted octanol–water partition coefficient (Wildman–Crippen LogP) is 1.03. The first kappa shape index (κ1) is 12.5. The molecule has 0 amide bonds. The van der Waals surface area contributed by atoms with Gasteiger partial charge in [-0.25, -0.2) is 13.2 Å². The number of aromatic carboxylic acids is 1. The van der Waals surface area contributed by atoms with Crippen molar-refractivity contribution in [2.24, 2.45) is 0 Å². The number of benzene rings is 1.